The SMILES string of the molecule is C=NCc1c(NCC(=C)C(=O)O)cc(-c2ccc(C(F)(F)F)cc2)c2c1CCO2. The van der Waals surface area contributed by atoms with Crippen LogP contribution in [0.5, 0.6) is 5.75 Å². The predicted molar refractivity (Wildman–Crippen MR) is 105 cm³/mol. The van der Waals surface area contributed by atoms with Crippen LogP contribution in [0.3, 0.4) is 0 Å². The van der Waals surface area contributed by atoms with Gasteiger partial charge in [-0.1, -0.05) is 18.7 Å². The van der Waals surface area contributed by atoms with E-state index >= 15 is 0 Å². The molecule has 0 bridgehead atoms. The lowest BCUT2D eigenvalue weighted by Crippen LogP contribution is -2.13. The number of nitrogens with one attached hydrogen (secondary N) is 1. The van der Waals surface area contributed by atoms with Gasteiger partial charge in [-0.05, 0) is 30.5 Å². The second-order valence-electron chi connectivity index (χ2n) is 6.58. The van der Waals surface area contributed by atoms with Crippen LogP contribution in [0.2, 0.25) is 0 Å². The minimum absolute atomic E-state index is 0.00553. The van der Waals surface area contributed by atoms with Crippen LogP contribution in [0, 0.1) is 0 Å². The third-order valence-corrected chi connectivity index (χ3v) is 4.68. The number of aliphatic carboxylic acids is 1. The van der Waals surface area contributed by atoms with Crippen molar-refractivity contribution in [1.29, 1.82) is 0 Å². The first-order chi connectivity index (χ1) is 13.7. The Morgan fingerprint density at radius 2 is 1.97 bits per heavy atom. The highest BCUT2D eigenvalue weighted by molar-refractivity contribution is 5.87. The third-order valence-electron chi connectivity index (χ3n) is 4.68. The Morgan fingerprint density at radius 1 is 1.28 bits per heavy atom. The van der Waals surface area contributed by atoms with Gasteiger partial charge in [-0.15, -0.1) is 0 Å². The first kappa shape index (κ1) is 20.4. The number of ether oxygens (including phenoxy) is 1. The smallest absolute Gasteiger partial charge is 0.416 e. The van der Waals surface area contributed by atoms with Crippen molar-refractivity contribution in [3.05, 3.63) is 59.2 Å². The summed E-state index contributed by atoms with van der Waals surface area (Å²) in [6.45, 7) is 7.77. The topological polar surface area (TPSA) is 70.9 Å². The van der Waals surface area contributed by atoms with Gasteiger partial charge in [0.15, 0.2) is 0 Å². The standard InChI is InChI=1S/C21H19F3N2O3/c1-12(20(27)28)10-26-18-9-16(13-3-5-14(6-4-13)21(22,23)24)19-15(7-8-29-19)17(18)11-25-2/h3-6,9,26H,1-2,7-8,10-11H2,(H,27,28). The first-order valence-corrected chi connectivity index (χ1v) is 8.79. The van der Waals surface area contributed by atoms with Crippen molar-refractivity contribution in [3.8, 4) is 16.9 Å². The van der Waals surface area contributed by atoms with Gasteiger partial charge in [-0.2, -0.15) is 13.2 Å². The molecule has 0 aliphatic carbocycles. The molecule has 0 atom stereocenters. The highest BCUT2D eigenvalue weighted by atomic mass is 19.4. The van der Waals surface area contributed by atoms with Gasteiger partial charge in [-0.3, -0.25) is 4.99 Å². The van der Waals surface area contributed by atoms with Crippen LogP contribution in [0.15, 0.2) is 47.5 Å². The minimum Gasteiger partial charge on any atom is -0.492 e. The van der Waals surface area contributed by atoms with Crippen molar-refractivity contribution in [3.63, 3.8) is 0 Å². The molecule has 8 heteroatoms. The summed E-state index contributed by atoms with van der Waals surface area (Å²) < 4.78 is 44.4. The number of rotatable bonds is 7. The Bertz CT molecular complexity index is 967. The lowest BCUT2D eigenvalue weighted by Gasteiger charge is -2.18. The van der Waals surface area contributed by atoms with E-state index < -0.39 is 17.7 Å². The van der Waals surface area contributed by atoms with Crippen LogP contribution < -0.4 is 10.1 Å². The molecule has 152 valence electrons. The molecule has 1 aliphatic rings. The fourth-order valence-corrected chi connectivity index (χ4v) is 3.22. The number of halogens is 3. The summed E-state index contributed by atoms with van der Waals surface area (Å²) in [6, 6.07) is 6.57. The van der Waals surface area contributed by atoms with Gasteiger partial charge in [0.05, 0.1) is 18.7 Å². The molecular formula is C21H19F3N2O3. The van der Waals surface area contributed by atoms with Gasteiger partial charge >= 0.3 is 12.1 Å². The van der Waals surface area contributed by atoms with E-state index in [-0.39, 0.29) is 12.1 Å². The van der Waals surface area contributed by atoms with Gasteiger partial charge < -0.3 is 15.2 Å². The number of carboxylic acids is 1. The molecule has 0 spiro atoms. The number of benzene rings is 2. The predicted octanol–water partition coefficient (Wildman–Crippen LogP) is 4.56. The summed E-state index contributed by atoms with van der Waals surface area (Å²) >= 11 is 0. The van der Waals surface area contributed by atoms with Crippen LogP contribution in [-0.2, 0) is 23.9 Å². The van der Waals surface area contributed by atoms with Gasteiger partial charge in [0.25, 0.3) is 0 Å². The normalized spacial score (nSPS) is 12.8. The summed E-state index contributed by atoms with van der Waals surface area (Å²) in [7, 11) is 0. The van der Waals surface area contributed by atoms with Crippen molar-refractivity contribution in [2.75, 3.05) is 18.5 Å². The van der Waals surface area contributed by atoms with E-state index in [4.69, 9.17) is 9.84 Å². The summed E-state index contributed by atoms with van der Waals surface area (Å²) in [5.74, 6) is -0.514. The van der Waals surface area contributed by atoms with Gasteiger partial charge in [0, 0.05) is 40.9 Å². The van der Waals surface area contributed by atoms with Gasteiger partial charge in [0.1, 0.15) is 5.75 Å². The van der Waals surface area contributed by atoms with E-state index in [1.54, 1.807) is 6.07 Å². The average molecular weight is 404 g/mol. The van der Waals surface area contributed by atoms with Crippen molar-refractivity contribution in [2.45, 2.75) is 19.1 Å². The molecule has 29 heavy (non-hydrogen) atoms. The second-order valence-corrected chi connectivity index (χ2v) is 6.58. The Balaban J connectivity index is 2.06. The number of alkyl halides is 3. The molecule has 2 aromatic carbocycles. The molecule has 2 aromatic rings. The van der Waals surface area contributed by atoms with E-state index in [0.29, 0.717) is 42.1 Å². The molecule has 0 saturated carbocycles. The number of anilines is 1. The highest BCUT2D eigenvalue weighted by Crippen LogP contribution is 2.43. The number of carboxylic acid groups (broad SMARTS) is 1. The third kappa shape index (κ3) is 4.26. The van der Waals surface area contributed by atoms with E-state index in [9.17, 15) is 18.0 Å². The molecule has 1 heterocycles. The molecule has 0 unspecified atom stereocenters. The Hall–Kier alpha value is -3.29. The van der Waals surface area contributed by atoms with Gasteiger partial charge in [0.2, 0.25) is 0 Å². The van der Waals surface area contributed by atoms with E-state index in [1.165, 1.54) is 12.1 Å². The molecule has 0 saturated heterocycles. The van der Waals surface area contributed by atoms with Crippen molar-refractivity contribution < 1.29 is 27.8 Å². The van der Waals surface area contributed by atoms with E-state index in [2.05, 4.69) is 23.6 Å². The lowest BCUT2D eigenvalue weighted by atomic mass is 9.94. The van der Waals surface area contributed by atoms with Gasteiger partial charge in [-0.25, -0.2) is 4.79 Å². The Morgan fingerprint density at radius 3 is 2.55 bits per heavy atom. The fraction of sp³-hybridized carbons (Fsp3) is 0.238. The minimum atomic E-state index is -4.42. The van der Waals surface area contributed by atoms with Crippen LogP contribution in [-0.4, -0.2) is 30.9 Å². The monoisotopic (exact) mass is 404 g/mol. The van der Waals surface area contributed by atoms with E-state index in [1.807, 2.05) is 0 Å². The number of nitrogens with zero attached hydrogens (tertiary/aromatic N) is 1. The van der Waals surface area contributed by atoms with Crippen LogP contribution in [0.4, 0.5) is 18.9 Å². The molecule has 0 amide bonds. The van der Waals surface area contributed by atoms with Crippen molar-refractivity contribution >= 4 is 18.4 Å². The molecule has 0 fully saturated rings. The largest absolute Gasteiger partial charge is 0.492 e. The maximum Gasteiger partial charge on any atom is 0.416 e. The maximum atomic E-state index is 12.9. The number of hydrogen-bond donors (Lipinski definition) is 2. The molecular weight excluding hydrogens is 385 g/mol. The van der Waals surface area contributed by atoms with Crippen LogP contribution in [0.1, 0.15) is 16.7 Å². The summed E-state index contributed by atoms with van der Waals surface area (Å²) in [5.41, 5.74) is 2.77. The lowest BCUT2D eigenvalue weighted by molar-refractivity contribution is -0.137. The zero-order valence-corrected chi connectivity index (χ0v) is 15.5. The first-order valence-electron chi connectivity index (χ1n) is 8.79. The summed E-state index contributed by atoms with van der Waals surface area (Å²) in [5, 5.41) is 12.1. The average Bonchev–Trinajstić information content (AvgIpc) is 3.16. The summed E-state index contributed by atoms with van der Waals surface area (Å²) in [4.78, 5) is 15.0. The second kappa shape index (κ2) is 7.98. The van der Waals surface area contributed by atoms with Crippen LogP contribution >= 0.6 is 0 Å². The zero-order chi connectivity index (χ0) is 21.2. The highest BCUT2D eigenvalue weighted by Gasteiger charge is 2.30. The number of hydrogen-bond acceptors (Lipinski definition) is 4. The number of aliphatic imine (C=N–C) groups is 1. The quantitative estimate of drug-likeness (QED) is 0.524. The molecule has 5 nitrogen and oxygen atoms in total. The zero-order valence-electron chi connectivity index (χ0n) is 15.5. The Kier molecular flexibility index (Phi) is 5.63. The molecule has 0 radical (unpaired) electrons. The molecule has 0 aromatic heterocycles. The van der Waals surface area contributed by atoms with Crippen molar-refractivity contribution in [2.24, 2.45) is 4.99 Å². The number of carbonyl (C=O) groups is 1. The fourth-order valence-electron chi connectivity index (χ4n) is 3.22. The molecule has 3 rings (SSSR count). The molecule has 1 aliphatic heterocycles. The molecule has 2 N–H and O–H groups in total. The van der Waals surface area contributed by atoms with E-state index in [0.717, 1.165) is 23.3 Å². The van der Waals surface area contributed by atoms with Crippen molar-refractivity contribution in [1.82, 2.24) is 0 Å². The summed E-state index contributed by atoms with van der Waals surface area (Å²) in [6.07, 6.45) is -3.80. The van der Waals surface area contributed by atoms with Crippen LogP contribution in [0.25, 0.3) is 11.1 Å². The Labute approximate surface area is 165 Å². The maximum absolute atomic E-state index is 12.9. The number of fused-ring (bicyclic) bond motifs is 1.